The van der Waals surface area contributed by atoms with Crippen molar-refractivity contribution < 1.29 is 14.3 Å². The number of hydrogen-bond acceptors (Lipinski definition) is 4. The van der Waals surface area contributed by atoms with Gasteiger partial charge in [-0.15, -0.1) is 0 Å². The largest absolute Gasteiger partial charge is 0.493 e. The van der Waals surface area contributed by atoms with Crippen molar-refractivity contribution >= 4 is 56.2 Å². The molecule has 8 heteroatoms. The fourth-order valence-corrected chi connectivity index (χ4v) is 4.09. The van der Waals surface area contributed by atoms with Crippen molar-refractivity contribution in [2.24, 2.45) is 5.10 Å². The van der Waals surface area contributed by atoms with Gasteiger partial charge in [0.05, 0.1) is 18.3 Å². The third kappa shape index (κ3) is 6.12. The van der Waals surface area contributed by atoms with Crippen molar-refractivity contribution in [2.75, 3.05) is 12.4 Å². The van der Waals surface area contributed by atoms with Gasteiger partial charge in [-0.25, -0.2) is 10.2 Å². The van der Waals surface area contributed by atoms with Crippen LogP contribution in [0, 0.1) is 6.92 Å². The highest BCUT2D eigenvalue weighted by Crippen LogP contribution is 2.37. The molecule has 0 aliphatic rings. The Labute approximate surface area is 217 Å². The minimum atomic E-state index is -0.462. The van der Waals surface area contributed by atoms with Crippen molar-refractivity contribution in [3.8, 4) is 11.5 Å². The second-order valence-electron chi connectivity index (χ2n) is 7.75. The molecule has 0 unspecified atom stereocenters. The van der Waals surface area contributed by atoms with Crippen LogP contribution in [0.5, 0.6) is 11.5 Å². The fourth-order valence-electron chi connectivity index (χ4n) is 3.57. The fraction of sp³-hybridized carbons (Fsp3) is 0.111. The number of hydrazone groups is 1. The van der Waals surface area contributed by atoms with Gasteiger partial charge in [0.15, 0.2) is 11.5 Å². The maximum Gasteiger partial charge on any atom is 0.339 e. The number of carbonyl (C=O) groups excluding carboxylic acids is 1. The summed E-state index contributed by atoms with van der Waals surface area (Å²) in [6.07, 6.45) is 1.48. The van der Waals surface area contributed by atoms with Gasteiger partial charge in [-0.3, -0.25) is 0 Å². The Hall–Kier alpha value is -3.55. The molecule has 0 aliphatic carbocycles. The lowest BCUT2D eigenvalue weighted by molar-refractivity contribution is 0.252. The summed E-state index contributed by atoms with van der Waals surface area (Å²) in [6, 6.07) is 22.7. The normalized spacial score (nSPS) is 11.0. The van der Waals surface area contributed by atoms with E-state index in [0.717, 1.165) is 26.4 Å². The van der Waals surface area contributed by atoms with E-state index in [1.54, 1.807) is 25.3 Å². The number of rotatable bonds is 7. The van der Waals surface area contributed by atoms with E-state index in [2.05, 4.69) is 50.0 Å². The van der Waals surface area contributed by atoms with Crippen LogP contribution >= 0.6 is 27.5 Å². The van der Waals surface area contributed by atoms with E-state index in [1.807, 2.05) is 43.3 Å². The van der Waals surface area contributed by atoms with Gasteiger partial charge in [-0.05, 0) is 64.7 Å². The number of ether oxygens (including phenoxy) is 2. The number of fused-ring (bicyclic) bond motifs is 1. The third-order valence-corrected chi connectivity index (χ3v) is 6.47. The van der Waals surface area contributed by atoms with Gasteiger partial charge >= 0.3 is 6.03 Å². The number of amides is 2. The number of methoxy groups -OCH3 is 1. The van der Waals surface area contributed by atoms with Crippen molar-refractivity contribution in [1.82, 2.24) is 5.43 Å². The molecule has 0 spiro atoms. The van der Waals surface area contributed by atoms with Crippen LogP contribution in [0.1, 0.15) is 16.7 Å². The van der Waals surface area contributed by atoms with Crippen LogP contribution in [0.4, 0.5) is 10.5 Å². The summed E-state index contributed by atoms with van der Waals surface area (Å²) >= 11 is 9.94. The zero-order chi connectivity index (χ0) is 24.8. The highest BCUT2D eigenvalue weighted by atomic mass is 79.9. The first-order valence-corrected chi connectivity index (χ1v) is 11.9. The molecule has 0 atom stereocenters. The molecular formula is C27H23BrClN3O3. The molecule has 0 saturated heterocycles. The molecule has 4 aromatic carbocycles. The SMILES string of the molecule is COc1cc(/C=N/NC(=O)Nc2ccc(Br)c(C)c2)cc(Cl)c1OCc1cccc2ccccc12. The number of aryl methyl sites for hydroxylation is 1. The van der Waals surface area contributed by atoms with Crippen molar-refractivity contribution in [2.45, 2.75) is 13.5 Å². The van der Waals surface area contributed by atoms with Crippen molar-refractivity contribution in [3.05, 3.63) is 99.0 Å². The monoisotopic (exact) mass is 551 g/mol. The molecule has 6 nitrogen and oxygen atoms in total. The summed E-state index contributed by atoms with van der Waals surface area (Å²) in [7, 11) is 1.54. The third-order valence-electron chi connectivity index (χ3n) is 5.30. The average Bonchev–Trinajstić information content (AvgIpc) is 2.85. The Kier molecular flexibility index (Phi) is 7.90. The zero-order valence-corrected chi connectivity index (χ0v) is 21.5. The topological polar surface area (TPSA) is 72.0 Å². The number of carbonyl (C=O) groups is 1. The maximum atomic E-state index is 12.1. The van der Waals surface area contributed by atoms with Crippen LogP contribution in [0.25, 0.3) is 10.8 Å². The lowest BCUT2D eigenvalue weighted by Gasteiger charge is -2.14. The van der Waals surface area contributed by atoms with Crippen LogP contribution in [0.2, 0.25) is 5.02 Å². The lowest BCUT2D eigenvalue weighted by Crippen LogP contribution is -2.24. The Morgan fingerprint density at radius 2 is 1.89 bits per heavy atom. The second kappa shape index (κ2) is 11.3. The van der Waals surface area contributed by atoms with E-state index in [9.17, 15) is 4.79 Å². The summed E-state index contributed by atoms with van der Waals surface area (Å²) in [4.78, 5) is 12.1. The summed E-state index contributed by atoms with van der Waals surface area (Å²) in [6.45, 7) is 2.28. The summed E-state index contributed by atoms with van der Waals surface area (Å²) in [5, 5.41) is 9.37. The number of nitrogens with one attached hydrogen (secondary N) is 2. The maximum absolute atomic E-state index is 12.1. The zero-order valence-electron chi connectivity index (χ0n) is 19.1. The molecular weight excluding hydrogens is 530 g/mol. The lowest BCUT2D eigenvalue weighted by atomic mass is 10.1. The molecule has 0 aliphatic heterocycles. The van der Waals surface area contributed by atoms with E-state index in [4.69, 9.17) is 21.1 Å². The van der Waals surface area contributed by atoms with Crippen LogP contribution < -0.4 is 20.2 Å². The van der Waals surface area contributed by atoms with Crippen LogP contribution in [0.3, 0.4) is 0 Å². The molecule has 35 heavy (non-hydrogen) atoms. The van der Waals surface area contributed by atoms with E-state index in [0.29, 0.717) is 34.4 Å². The molecule has 0 radical (unpaired) electrons. The van der Waals surface area contributed by atoms with E-state index < -0.39 is 6.03 Å². The van der Waals surface area contributed by atoms with Gasteiger partial charge < -0.3 is 14.8 Å². The van der Waals surface area contributed by atoms with Gasteiger partial charge in [0.25, 0.3) is 0 Å². The highest BCUT2D eigenvalue weighted by molar-refractivity contribution is 9.10. The number of urea groups is 1. The highest BCUT2D eigenvalue weighted by Gasteiger charge is 2.13. The first kappa shape index (κ1) is 24.6. The molecule has 4 aromatic rings. The molecule has 0 aromatic heterocycles. The van der Waals surface area contributed by atoms with Gasteiger partial charge in [-0.2, -0.15) is 5.10 Å². The Morgan fingerprint density at radius 1 is 1.09 bits per heavy atom. The number of hydrogen-bond donors (Lipinski definition) is 2. The summed E-state index contributed by atoms with van der Waals surface area (Å²) < 4.78 is 12.5. The molecule has 4 rings (SSSR count). The summed E-state index contributed by atoms with van der Waals surface area (Å²) in [5.41, 5.74) is 5.80. The number of benzene rings is 4. The molecule has 0 heterocycles. The smallest absolute Gasteiger partial charge is 0.339 e. The van der Waals surface area contributed by atoms with Gasteiger partial charge in [0.1, 0.15) is 6.61 Å². The Balaban J connectivity index is 1.42. The van der Waals surface area contributed by atoms with E-state index >= 15 is 0 Å². The van der Waals surface area contributed by atoms with Crippen molar-refractivity contribution in [1.29, 1.82) is 0 Å². The molecule has 2 amide bonds. The van der Waals surface area contributed by atoms with Crippen LogP contribution in [0.15, 0.2) is 82.4 Å². The Morgan fingerprint density at radius 3 is 2.69 bits per heavy atom. The predicted octanol–water partition coefficient (Wildman–Crippen LogP) is 7.31. The molecule has 0 saturated carbocycles. The van der Waals surface area contributed by atoms with Crippen molar-refractivity contribution in [3.63, 3.8) is 0 Å². The quantitative estimate of drug-likeness (QED) is 0.187. The minimum Gasteiger partial charge on any atom is -0.493 e. The number of halogens is 2. The van der Waals surface area contributed by atoms with E-state index in [1.165, 1.54) is 6.21 Å². The second-order valence-corrected chi connectivity index (χ2v) is 9.01. The molecule has 178 valence electrons. The van der Waals surface area contributed by atoms with Crippen LogP contribution in [-0.4, -0.2) is 19.4 Å². The molecule has 0 bridgehead atoms. The standard InChI is InChI=1S/C27H23BrClN3O3/c1-17-12-21(10-11-23(17)28)31-27(33)32-30-15-18-13-24(29)26(25(14-18)34-2)35-16-20-8-5-7-19-6-3-4-9-22(19)20/h3-15H,16H2,1-2H3,(H2,31,32,33)/b30-15+. The first-order valence-electron chi connectivity index (χ1n) is 10.8. The predicted molar refractivity (Wildman–Crippen MR) is 145 cm³/mol. The van der Waals surface area contributed by atoms with E-state index in [-0.39, 0.29) is 0 Å². The van der Waals surface area contributed by atoms with Gasteiger partial charge in [0, 0.05) is 10.2 Å². The average molecular weight is 553 g/mol. The first-order chi connectivity index (χ1) is 16.9. The minimum absolute atomic E-state index is 0.335. The van der Waals surface area contributed by atoms with Crippen LogP contribution in [-0.2, 0) is 6.61 Å². The molecule has 2 N–H and O–H groups in total. The summed E-state index contributed by atoms with van der Waals surface area (Å²) in [5.74, 6) is 0.907. The van der Waals surface area contributed by atoms with Gasteiger partial charge in [-0.1, -0.05) is 70.0 Å². The van der Waals surface area contributed by atoms with Gasteiger partial charge in [0.2, 0.25) is 0 Å². The Bertz CT molecular complexity index is 1400. The number of anilines is 1. The number of nitrogens with zero attached hydrogens (tertiary/aromatic N) is 1. The molecule has 0 fully saturated rings.